The van der Waals surface area contributed by atoms with Crippen LogP contribution >= 0.6 is 11.8 Å². The smallest absolute Gasteiger partial charge is 0.321 e. The lowest BCUT2D eigenvalue weighted by Crippen LogP contribution is -2.10. The number of aromatic nitrogens is 2. The van der Waals surface area contributed by atoms with E-state index >= 15 is 0 Å². The van der Waals surface area contributed by atoms with E-state index in [1.165, 1.54) is 0 Å². The Morgan fingerprint density at radius 1 is 1.07 bits per heavy atom. The largest absolute Gasteiger partial charge is 0.497 e. The molecule has 0 aliphatic heterocycles. The Labute approximate surface area is 160 Å². The molecule has 0 saturated heterocycles. The molecule has 1 aromatic heterocycles. The minimum absolute atomic E-state index is 0.0438. The van der Waals surface area contributed by atoms with Crippen molar-refractivity contribution in [2.45, 2.75) is 12.1 Å². The fourth-order valence-corrected chi connectivity index (χ4v) is 2.73. The van der Waals surface area contributed by atoms with Crippen molar-refractivity contribution in [3.63, 3.8) is 0 Å². The molecule has 8 heteroatoms. The number of nitrogens with zero attached hydrogens (tertiary/aromatic N) is 2. The van der Waals surface area contributed by atoms with Gasteiger partial charge in [-0.05, 0) is 43.3 Å². The second-order valence-corrected chi connectivity index (χ2v) is 6.20. The van der Waals surface area contributed by atoms with E-state index in [0.717, 1.165) is 23.1 Å². The SMILES string of the molecule is CCOc1ccc(-c2nnc(SCC(=O)Oc3cccc(OC)c3)o2)cc1. The first-order valence-corrected chi connectivity index (χ1v) is 9.20. The molecule has 27 heavy (non-hydrogen) atoms. The number of esters is 1. The van der Waals surface area contributed by atoms with E-state index in [-0.39, 0.29) is 5.75 Å². The Bertz CT molecular complexity index is 895. The first-order chi connectivity index (χ1) is 13.2. The van der Waals surface area contributed by atoms with Crippen LogP contribution in [0.2, 0.25) is 0 Å². The maximum Gasteiger partial charge on any atom is 0.321 e. The first-order valence-electron chi connectivity index (χ1n) is 8.22. The summed E-state index contributed by atoms with van der Waals surface area (Å²) < 4.78 is 21.3. The number of benzene rings is 2. The van der Waals surface area contributed by atoms with Crippen molar-refractivity contribution in [3.8, 4) is 28.7 Å². The molecule has 3 rings (SSSR count). The zero-order chi connectivity index (χ0) is 19.1. The molecule has 0 saturated carbocycles. The fraction of sp³-hybridized carbons (Fsp3) is 0.211. The van der Waals surface area contributed by atoms with Crippen LogP contribution in [0.25, 0.3) is 11.5 Å². The molecule has 2 aromatic carbocycles. The lowest BCUT2D eigenvalue weighted by Gasteiger charge is -2.05. The van der Waals surface area contributed by atoms with Crippen LogP contribution in [0.5, 0.6) is 17.2 Å². The van der Waals surface area contributed by atoms with Crippen molar-refractivity contribution in [2.75, 3.05) is 19.5 Å². The fourth-order valence-electron chi connectivity index (χ4n) is 2.19. The molecule has 0 fully saturated rings. The Hall–Kier alpha value is -3.00. The number of rotatable bonds is 8. The second-order valence-electron chi connectivity index (χ2n) is 5.27. The predicted molar refractivity (Wildman–Crippen MR) is 100 cm³/mol. The molecular weight excluding hydrogens is 368 g/mol. The minimum Gasteiger partial charge on any atom is -0.497 e. The Morgan fingerprint density at radius 2 is 1.85 bits per heavy atom. The van der Waals surface area contributed by atoms with E-state index in [0.29, 0.717) is 29.2 Å². The van der Waals surface area contributed by atoms with Crippen LogP contribution < -0.4 is 14.2 Å². The van der Waals surface area contributed by atoms with Crippen LogP contribution in [0.15, 0.2) is 58.2 Å². The molecule has 0 unspecified atom stereocenters. The van der Waals surface area contributed by atoms with Gasteiger partial charge in [-0.3, -0.25) is 4.79 Å². The molecule has 3 aromatic rings. The number of carbonyl (C=O) groups is 1. The third-order valence-electron chi connectivity index (χ3n) is 3.41. The molecule has 140 valence electrons. The van der Waals surface area contributed by atoms with Crippen LogP contribution in [0.4, 0.5) is 0 Å². The van der Waals surface area contributed by atoms with E-state index < -0.39 is 5.97 Å². The van der Waals surface area contributed by atoms with Crippen LogP contribution in [-0.4, -0.2) is 35.6 Å². The quantitative estimate of drug-likeness (QED) is 0.328. The zero-order valence-corrected chi connectivity index (χ0v) is 15.7. The zero-order valence-electron chi connectivity index (χ0n) is 14.9. The van der Waals surface area contributed by atoms with Gasteiger partial charge in [0.05, 0.1) is 13.7 Å². The Balaban J connectivity index is 1.55. The molecule has 0 radical (unpaired) electrons. The summed E-state index contributed by atoms with van der Waals surface area (Å²) >= 11 is 1.11. The normalized spacial score (nSPS) is 10.4. The van der Waals surface area contributed by atoms with Crippen molar-refractivity contribution >= 4 is 17.7 Å². The van der Waals surface area contributed by atoms with Gasteiger partial charge in [-0.15, -0.1) is 10.2 Å². The van der Waals surface area contributed by atoms with Gasteiger partial charge < -0.3 is 18.6 Å². The van der Waals surface area contributed by atoms with Gasteiger partial charge in [0.2, 0.25) is 5.89 Å². The molecule has 0 atom stereocenters. The van der Waals surface area contributed by atoms with Crippen molar-refractivity contribution in [3.05, 3.63) is 48.5 Å². The summed E-state index contributed by atoms with van der Waals surface area (Å²) in [5.41, 5.74) is 0.775. The molecule has 0 bridgehead atoms. The van der Waals surface area contributed by atoms with Crippen LogP contribution in [-0.2, 0) is 4.79 Å². The van der Waals surface area contributed by atoms with E-state index in [1.54, 1.807) is 31.4 Å². The molecule has 1 heterocycles. The first kappa shape index (κ1) is 18.8. The van der Waals surface area contributed by atoms with Gasteiger partial charge in [-0.2, -0.15) is 0 Å². The molecule has 0 aliphatic rings. The lowest BCUT2D eigenvalue weighted by atomic mass is 10.2. The average molecular weight is 386 g/mol. The topological polar surface area (TPSA) is 83.7 Å². The van der Waals surface area contributed by atoms with E-state index in [1.807, 2.05) is 31.2 Å². The molecule has 0 amide bonds. The summed E-state index contributed by atoms with van der Waals surface area (Å²) in [6.45, 7) is 2.53. The molecule has 7 nitrogen and oxygen atoms in total. The molecule has 0 N–H and O–H groups in total. The van der Waals surface area contributed by atoms with Gasteiger partial charge >= 0.3 is 5.97 Å². The standard InChI is InChI=1S/C19H18N2O5S/c1-3-24-14-9-7-13(8-10-14)18-20-21-19(26-18)27-12-17(22)25-16-6-4-5-15(11-16)23-2/h4-11H,3,12H2,1-2H3. The summed E-state index contributed by atoms with van der Waals surface area (Å²) in [4.78, 5) is 12.0. The maximum atomic E-state index is 12.0. The van der Waals surface area contributed by atoms with Gasteiger partial charge in [0.25, 0.3) is 5.22 Å². The average Bonchev–Trinajstić information content (AvgIpc) is 3.16. The summed E-state index contributed by atoms with van der Waals surface area (Å²) in [6.07, 6.45) is 0. The van der Waals surface area contributed by atoms with E-state index in [2.05, 4.69) is 10.2 Å². The summed E-state index contributed by atoms with van der Waals surface area (Å²) in [7, 11) is 1.55. The third kappa shape index (κ3) is 5.24. The third-order valence-corrected chi connectivity index (χ3v) is 4.20. The Kier molecular flexibility index (Phi) is 6.32. The number of hydrogen-bond donors (Lipinski definition) is 0. The maximum absolute atomic E-state index is 12.0. The number of methoxy groups -OCH3 is 1. The summed E-state index contributed by atoms with van der Waals surface area (Å²) in [5, 5.41) is 8.24. The molecule has 0 spiro atoms. The number of hydrogen-bond acceptors (Lipinski definition) is 8. The van der Waals surface area contributed by atoms with E-state index in [9.17, 15) is 4.79 Å². The minimum atomic E-state index is -0.422. The monoisotopic (exact) mass is 386 g/mol. The molecular formula is C19H18N2O5S. The highest BCUT2D eigenvalue weighted by molar-refractivity contribution is 7.99. The highest BCUT2D eigenvalue weighted by Gasteiger charge is 2.13. The Morgan fingerprint density at radius 3 is 2.59 bits per heavy atom. The second kappa shape index (κ2) is 9.09. The lowest BCUT2D eigenvalue weighted by molar-refractivity contribution is -0.131. The van der Waals surface area contributed by atoms with Crippen molar-refractivity contribution in [1.82, 2.24) is 10.2 Å². The van der Waals surface area contributed by atoms with Gasteiger partial charge in [0.15, 0.2) is 0 Å². The summed E-state index contributed by atoms with van der Waals surface area (Å²) in [5.74, 6) is 1.80. The number of ether oxygens (including phenoxy) is 3. The van der Waals surface area contributed by atoms with Crippen LogP contribution in [0.1, 0.15) is 6.92 Å². The van der Waals surface area contributed by atoms with Gasteiger partial charge in [-0.1, -0.05) is 17.8 Å². The van der Waals surface area contributed by atoms with Crippen LogP contribution in [0.3, 0.4) is 0 Å². The van der Waals surface area contributed by atoms with Crippen molar-refractivity contribution in [1.29, 1.82) is 0 Å². The number of carbonyl (C=O) groups excluding carboxylic acids is 1. The van der Waals surface area contributed by atoms with Crippen LogP contribution in [0, 0.1) is 0 Å². The van der Waals surface area contributed by atoms with Crippen molar-refractivity contribution < 1.29 is 23.4 Å². The molecule has 0 aliphatic carbocycles. The van der Waals surface area contributed by atoms with E-state index in [4.69, 9.17) is 18.6 Å². The van der Waals surface area contributed by atoms with Crippen molar-refractivity contribution in [2.24, 2.45) is 0 Å². The highest BCUT2D eigenvalue weighted by Crippen LogP contribution is 2.25. The predicted octanol–water partition coefficient (Wildman–Crippen LogP) is 3.84. The highest BCUT2D eigenvalue weighted by atomic mass is 32.2. The van der Waals surface area contributed by atoms with Gasteiger partial charge in [0, 0.05) is 11.6 Å². The number of thioether (sulfide) groups is 1. The van der Waals surface area contributed by atoms with Gasteiger partial charge in [-0.25, -0.2) is 0 Å². The summed E-state index contributed by atoms with van der Waals surface area (Å²) in [6, 6.07) is 14.2. The van der Waals surface area contributed by atoms with Gasteiger partial charge in [0.1, 0.15) is 23.0 Å².